The van der Waals surface area contributed by atoms with Crippen molar-refractivity contribution in [2.75, 3.05) is 0 Å². The fourth-order valence-corrected chi connectivity index (χ4v) is 1.54. The Morgan fingerprint density at radius 2 is 1.73 bits per heavy atom. The normalized spacial score (nSPS) is 10.3. The summed E-state index contributed by atoms with van der Waals surface area (Å²) in [6.45, 7) is 0. The van der Waals surface area contributed by atoms with Crippen LogP contribution < -0.4 is 0 Å². The number of benzene rings is 2. The van der Waals surface area contributed by atoms with Crippen LogP contribution in [-0.2, 0) is 0 Å². The fraction of sp³-hybridized carbons (Fsp3) is 0. The Bertz CT molecular complexity index is 495. The standard InChI is InChI=1S/C12H7ClF2/c13-9-4-5-11(12(15)7-9)8-2-1-3-10(14)6-8/h1-7H. The summed E-state index contributed by atoms with van der Waals surface area (Å²) in [5.74, 6) is -0.838. The van der Waals surface area contributed by atoms with Gasteiger partial charge in [0.05, 0.1) is 0 Å². The van der Waals surface area contributed by atoms with E-state index >= 15 is 0 Å². The van der Waals surface area contributed by atoms with Crippen LogP contribution in [0.15, 0.2) is 42.5 Å². The van der Waals surface area contributed by atoms with Crippen molar-refractivity contribution in [3.8, 4) is 11.1 Å². The van der Waals surface area contributed by atoms with Crippen LogP contribution in [0.3, 0.4) is 0 Å². The summed E-state index contributed by atoms with van der Waals surface area (Å²) >= 11 is 5.62. The van der Waals surface area contributed by atoms with Crippen molar-refractivity contribution in [3.05, 3.63) is 59.1 Å². The molecule has 2 aromatic carbocycles. The lowest BCUT2D eigenvalue weighted by molar-refractivity contribution is 0.624. The van der Waals surface area contributed by atoms with Crippen LogP contribution in [0.4, 0.5) is 8.78 Å². The van der Waals surface area contributed by atoms with Gasteiger partial charge in [-0.15, -0.1) is 0 Å². The molecule has 0 radical (unpaired) electrons. The third-order valence-corrected chi connectivity index (χ3v) is 2.30. The van der Waals surface area contributed by atoms with Crippen molar-refractivity contribution in [2.24, 2.45) is 0 Å². The molecule has 0 N–H and O–H groups in total. The maximum atomic E-state index is 13.5. The summed E-state index contributed by atoms with van der Waals surface area (Å²) in [6.07, 6.45) is 0. The Kier molecular flexibility index (Phi) is 2.69. The summed E-state index contributed by atoms with van der Waals surface area (Å²) < 4.78 is 26.4. The van der Waals surface area contributed by atoms with Crippen molar-refractivity contribution >= 4 is 11.6 Å². The highest BCUT2D eigenvalue weighted by atomic mass is 35.5. The van der Waals surface area contributed by atoms with E-state index in [9.17, 15) is 8.78 Å². The summed E-state index contributed by atoms with van der Waals surface area (Å²) in [6, 6.07) is 10.1. The van der Waals surface area contributed by atoms with E-state index in [-0.39, 0.29) is 5.82 Å². The first-order valence-corrected chi connectivity index (χ1v) is 4.75. The maximum absolute atomic E-state index is 13.5. The molecule has 0 amide bonds. The SMILES string of the molecule is Fc1cccc(-c2ccc(Cl)cc2F)c1. The summed E-state index contributed by atoms with van der Waals surface area (Å²) in [5.41, 5.74) is 0.850. The van der Waals surface area contributed by atoms with Crippen LogP contribution in [0.5, 0.6) is 0 Å². The Labute approximate surface area is 91.1 Å². The first kappa shape index (κ1) is 10.1. The molecule has 0 aliphatic carbocycles. The molecule has 0 atom stereocenters. The molecule has 15 heavy (non-hydrogen) atoms. The molecule has 0 unspecified atom stereocenters. The van der Waals surface area contributed by atoms with E-state index in [2.05, 4.69) is 0 Å². The first-order chi connectivity index (χ1) is 7.16. The minimum atomic E-state index is -0.451. The van der Waals surface area contributed by atoms with Crippen LogP contribution in [0.1, 0.15) is 0 Å². The highest BCUT2D eigenvalue weighted by molar-refractivity contribution is 6.30. The van der Waals surface area contributed by atoms with Gasteiger partial charge in [-0.1, -0.05) is 23.7 Å². The van der Waals surface area contributed by atoms with Gasteiger partial charge in [0.2, 0.25) is 0 Å². The van der Waals surface area contributed by atoms with Gasteiger partial charge in [-0.2, -0.15) is 0 Å². The molecule has 0 aromatic heterocycles. The van der Waals surface area contributed by atoms with Crippen LogP contribution in [0.2, 0.25) is 5.02 Å². The van der Waals surface area contributed by atoms with Gasteiger partial charge < -0.3 is 0 Å². The van der Waals surface area contributed by atoms with E-state index in [0.717, 1.165) is 0 Å². The molecule has 0 bridgehead atoms. The average molecular weight is 225 g/mol. The molecule has 76 valence electrons. The predicted octanol–water partition coefficient (Wildman–Crippen LogP) is 4.29. The van der Waals surface area contributed by atoms with E-state index in [4.69, 9.17) is 11.6 Å². The monoisotopic (exact) mass is 224 g/mol. The Morgan fingerprint density at radius 1 is 0.933 bits per heavy atom. The topological polar surface area (TPSA) is 0 Å². The largest absolute Gasteiger partial charge is 0.207 e. The van der Waals surface area contributed by atoms with Crippen LogP contribution in [-0.4, -0.2) is 0 Å². The molecular weight excluding hydrogens is 218 g/mol. The van der Waals surface area contributed by atoms with Crippen molar-refractivity contribution < 1.29 is 8.78 Å². The second kappa shape index (κ2) is 3.99. The maximum Gasteiger partial charge on any atom is 0.132 e. The highest BCUT2D eigenvalue weighted by Crippen LogP contribution is 2.25. The minimum Gasteiger partial charge on any atom is -0.207 e. The van der Waals surface area contributed by atoms with Gasteiger partial charge in [-0.3, -0.25) is 0 Å². The smallest absolute Gasteiger partial charge is 0.132 e. The Morgan fingerprint density at radius 3 is 2.40 bits per heavy atom. The lowest BCUT2D eigenvalue weighted by atomic mass is 10.1. The van der Waals surface area contributed by atoms with E-state index in [1.807, 2.05) is 0 Å². The van der Waals surface area contributed by atoms with E-state index in [1.165, 1.54) is 24.3 Å². The molecule has 3 heteroatoms. The molecule has 0 nitrogen and oxygen atoms in total. The second-order valence-electron chi connectivity index (χ2n) is 3.13. The van der Waals surface area contributed by atoms with E-state index in [1.54, 1.807) is 18.2 Å². The highest BCUT2D eigenvalue weighted by Gasteiger charge is 2.05. The third-order valence-electron chi connectivity index (χ3n) is 2.07. The average Bonchev–Trinajstić information content (AvgIpc) is 2.17. The molecule has 0 aliphatic heterocycles. The van der Waals surface area contributed by atoms with E-state index < -0.39 is 5.82 Å². The molecule has 2 aromatic rings. The van der Waals surface area contributed by atoms with Gasteiger partial charge in [-0.25, -0.2) is 8.78 Å². The van der Waals surface area contributed by atoms with Gasteiger partial charge in [0.25, 0.3) is 0 Å². The molecular formula is C12H7ClF2. The van der Waals surface area contributed by atoms with Crippen molar-refractivity contribution in [3.63, 3.8) is 0 Å². The zero-order valence-corrected chi connectivity index (χ0v) is 8.43. The van der Waals surface area contributed by atoms with E-state index in [0.29, 0.717) is 16.1 Å². The Balaban J connectivity index is 2.54. The zero-order chi connectivity index (χ0) is 10.8. The lowest BCUT2D eigenvalue weighted by Crippen LogP contribution is -1.85. The molecule has 2 rings (SSSR count). The predicted molar refractivity (Wildman–Crippen MR) is 56.8 cm³/mol. The molecule has 0 saturated carbocycles. The van der Waals surface area contributed by atoms with Crippen molar-refractivity contribution in [2.45, 2.75) is 0 Å². The summed E-state index contributed by atoms with van der Waals surface area (Å²) in [4.78, 5) is 0. The van der Waals surface area contributed by atoms with Crippen LogP contribution in [0, 0.1) is 11.6 Å². The fourth-order valence-electron chi connectivity index (χ4n) is 1.38. The summed E-state index contributed by atoms with van der Waals surface area (Å²) in [7, 11) is 0. The second-order valence-corrected chi connectivity index (χ2v) is 3.57. The minimum absolute atomic E-state index is 0.327. The van der Waals surface area contributed by atoms with Crippen molar-refractivity contribution in [1.82, 2.24) is 0 Å². The van der Waals surface area contributed by atoms with Gasteiger partial charge in [-0.05, 0) is 35.9 Å². The molecule has 0 fully saturated rings. The third kappa shape index (κ3) is 2.16. The summed E-state index contributed by atoms with van der Waals surface area (Å²) in [5, 5.41) is 0.327. The number of hydrogen-bond donors (Lipinski definition) is 0. The number of rotatable bonds is 1. The Hall–Kier alpha value is -1.41. The first-order valence-electron chi connectivity index (χ1n) is 4.38. The number of halogens is 3. The van der Waals surface area contributed by atoms with Gasteiger partial charge in [0.15, 0.2) is 0 Å². The van der Waals surface area contributed by atoms with Gasteiger partial charge >= 0.3 is 0 Å². The lowest BCUT2D eigenvalue weighted by Gasteiger charge is -2.03. The van der Waals surface area contributed by atoms with Gasteiger partial charge in [0, 0.05) is 10.6 Å². The molecule has 0 heterocycles. The molecule has 0 spiro atoms. The van der Waals surface area contributed by atoms with Crippen LogP contribution >= 0.6 is 11.6 Å². The molecule has 0 saturated heterocycles. The van der Waals surface area contributed by atoms with Gasteiger partial charge in [0.1, 0.15) is 11.6 Å². The van der Waals surface area contributed by atoms with Crippen molar-refractivity contribution in [1.29, 1.82) is 0 Å². The van der Waals surface area contributed by atoms with Crippen LogP contribution in [0.25, 0.3) is 11.1 Å². The number of hydrogen-bond acceptors (Lipinski definition) is 0. The molecule has 0 aliphatic rings. The quantitative estimate of drug-likeness (QED) is 0.678. The zero-order valence-electron chi connectivity index (χ0n) is 7.68.